The highest BCUT2D eigenvalue weighted by Crippen LogP contribution is 2.22. The van der Waals surface area contributed by atoms with Crippen molar-refractivity contribution in [1.29, 1.82) is 0 Å². The second kappa shape index (κ2) is 4.81. The molecular formula is C13H14N4O2. The molecule has 1 aliphatic rings. The van der Waals surface area contributed by atoms with Gasteiger partial charge >= 0.3 is 0 Å². The third kappa shape index (κ3) is 2.48. The van der Waals surface area contributed by atoms with Crippen LogP contribution in [0.25, 0.3) is 0 Å². The van der Waals surface area contributed by atoms with Crippen LogP contribution in [-0.4, -0.2) is 32.3 Å². The number of carbonyl (C=O) groups is 1. The molecule has 2 aromatic rings. The van der Waals surface area contributed by atoms with Crippen LogP contribution in [0.15, 0.2) is 24.5 Å². The van der Waals surface area contributed by atoms with Crippen molar-refractivity contribution in [2.75, 3.05) is 5.32 Å². The van der Waals surface area contributed by atoms with E-state index in [4.69, 9.17) is 0 Å². The zero-order chi connectivity index (χ0) is 13.2. The van der Waals surface area contributed by atoms with E-state index < -0.39 is 0 Å². The highest BCUT2D eigenvalue weighted by molar-refractivity contribution is 6.02. The zero-order valence-corrected chi connectivity index (χ0v) is 10.3. The van der Waals surface area contributed by atoms with Gasteiger partial charge in [-0.25, -0.2) is 0 Å². The standard InChI is InChI=1S/C13H14N4O2/c18-10-1-2-11-8(6-10)5-9(7-14-11)16-13(19)12-3-4-15-17-12/h3-5,7,10,18H,1-2,6H2,(H,15,17)(H,16,19). The van der Waals surface area contributed by atoms with Gasteiger partial charge in [-0.3, -0.25) is 14.9 Å². The summed E-state index contributed by atoms with van der Waals surface area (Å²) in [6.45, 7) is 0. The molecule has 3 rings (SSSR count). The number of pyridine rings is 1. The molecule has 0 fully saturated rings. The lowest BCUT2D eigenvalue weighted by Crippen LogP contribution is -2.20. The number of rotatable bonds is 2. The van der Waals surface area contributed by atoms with Gasteiger partial charge in [0.2, 0.25) is 0 Å². The second-order valence-corrected chi connectivity index (χ2v) is 4.65. The Morgan fingerprint density at radius 1 is 1.53 bits per heavy atom. The molecule has 98 valence electrons. The third-order valence-electron chi connectivity index (χ3n) is 3.23. The highest BCUT2D eigenvalue weighted by atomic mass is 16.3. The molecule has 1 unspecified atom stereocenters. The first-order valence-corrected chi connectivity index (χ1v) is 6.19. The number of carbonyl (C=O) groups excluding carboxylic acids is 1. The maximum atomic E-state index is 11.8. The molecule has 1 atom stereocenters. The first-order chi connectivity index (χ1) is 9.22. The van der Waals surface area contributed by atoms with Crippen molar-refractivity contribution in [1.82, 2.24) is 15.2 Å². The Labute approximate surface area is 109 Å². The number of aliphatic hydroxyl groups excluding tert-OH is 1. The largest absolute Gasteiger partial charge is 0.393 e. The van der Waals surface area contributed by atoms with Crippen molar-refractivity contribution in [3.8, 4) is 0 Å². The van der Waals surface area contributed by atoms with E-state index in [1.165, 1.54) is 6.20 Å². The van der Waals surface area contributed by atoms with E-state index in [9.17, 15) is 9.90 Å². The Hall–Kier alpha value is -2.21. The summed E-state index contributed by atoms with van der Waals surface area (Å²) in [5, 5.41) is 18.7. The normalized spacial score (nSPS) is 17.8. The molecule has 3 N–H and O–H groups in total. The fourth-order valence-corrected chi connectivity index (χ4v) is 2.25. The van der Waals surface area contributed by atoms with Crippen LogP contribution in [0.4, 0.5) is 5.69 Å². The predicted octanol–water partition coefficient (Wildman–Crippen LogP) is 0.907. The fourth-order valence-electron chi connectivity index (χ4n) is 2.25. The molecule has 2 aromatic heterocycles. The predicted molar refractivity (Wildman–Crippen MR) is 68.8 cm³/mol. The van der Waals surface area contributed by atoms with Crippen molar-refractivity contribution in [2.45, 2.75) is 25.4 Å². The molecule has 0 saturated carbocycles. The van der Waals surface area contributed by atoms with Gasteiger partial charge in [-0.15, -0.1) is 0 Å². The number of nitrogens with one attached hydrogen (secondary N) is 2. The number of aromatic amines is 1. The minimum atomic E-state index is -0.312. The van der Waals surface area contributed by atoms with Gasteiger partial charge in [0.25, 0.3) is 5.91 Å². The number of aryl methyl sites for hydroxylation is 1. The molecule has 0 saturated heterocycles. The van der Waals surface area contributed by atoms with Gasteiger partial charge in [0, 0.05) is 18.3 Å². The highest BCUT2D eigenvalue weighted by Gasteiger charge is 2.18. The Morgan fingerprint density at radius 2 is 2.42 bits per heavy atom. The van der Waals surface area contributed by atoms with Crippen molar-refractivity contribution in [2.24, 2.45) is 0 Å². The molecule has 0 aliphatic heterocycles. The minimum absolute atomic E-state index is 0.254. The molecular weight excluding hydrogens is 244 g/mol. The summed E-state index contributed by atoms with van der Waals surface area (Å²) in [7, 11) is 0. The number of anilines is 1. The molecule has 2 heterocycles. The lowest BCUT2D eigenvalue weighted by molar-refractivity contribution is 0.102. The first kappa shape index (κ1) is 11.9. The average Bonchev–Trinajstić information content (AvgIpc) is 2.92. The summed E-state index contributed by atoms with van der Waals surface area (Å²) in [4.78, 5) is 16.2. The minimum Gasteiger partial charge on any atom is -0.393 e. The van der Waals surface area contributed by atoms with Crippen LogP contribution in [0.2, 0.25) is 0 Å². The molecule has 1 aliphatic carbocycles. The number of hydrogen-bond acceptors (Lipinski definition) is 4. The van der Waals surface area contributed by atoms with Gasteiger partial charge in [-0.05, 0) is 30.5 Å². The molecule has 19 heavy (non-hydrogen) atoms. The molecule has 6 heteroatoms. The number of amides is 1. The summed E-state index contributed by atoms with van der Waals surface area (Å²) in [5.74, 6) is -0.254. The smallest absolute Gasteiger partial charge is 0.273 e. The van der Waals surface area contributed by atoms with Crippen LogP contribution in [0.5, 0.6) is 0 Å². The van der Waals surface area contributed by atoms with Crippen LogP contribution in [-0.2, 0) is 12.8 Å². The number of fused-ring (bicyclic) bond motifs is 1. The van der Waals surface area contributed by atoms with E-state index >= 15 is 0 Å². The molecule has 0 bridgehead atoms. The van der Waals surface area contributed by atoms with E-state index in [1.54, 1.807) is 12.3 Å². The number of hydrogen-bond donors (Lipinski definition) is 3. The van der Waals surface area contributed by atoms with E-state index in [-0.39, 0.29) is 12.0 Å². The summed E-state index contributed by atoms with van der Waals surface area (Å²) in [6, 6.07) is 3.48. The Morgan fingerprint density at radius 3 is 3.21 bits per heavy atom. The molecule has 0 aromatic carbocycles. The quantitative estimate of drug-likeness (QED) is 0.746. The monoisotopic (exact) mass is 258 g/mol. The fraction of sp³-hybridized carbons (Fsp3) is 0.308. The van der Waals surface area contributed by atoms with Crippen molar-refractivity contribution in [3.05, 3.63) is 41.5 Å². The van der Waals surface area contributed by atoms with Crippen LogP contribution in [0.1, 0.15) is 28.2 Å². The first-order valence-electron chi connectivity index (χ1n) is 6.19. The second-order valence-electron chi connectivity index (χ2n) is 4.65. The number of aromatic nitrogens is 3. The summed E-state index contributed by atoms with van der Waals surface area (Å²) in [6.07, 6.45) is 4.98. The van der Waals surface area contributed by atoms with Gasteiger partial charge in [-0.1, -0.05) is 0 Å². The number of H-pyrrole nitrogens is 1. The summed E-state index contributed by atoms with van der Waals surface area (Å²) >= 11 is 0. The molecule has 1 amide bonds. The number of nitrogens with zero attached hydrogens (tertiary/aromatic N) is 2. The van der Waals surface area contributed by atoms with Crippen LogP contribution >= 0.6 is 0 Å². The SMILES string of the molecule is O=C(Nc1cnc2c(c1)CC(O)CC2)c1ccn[nH]1. The van der Waals surface area contributed by atoms with Crippen molar-refractivity contribution in [3.63, 3.8) is 0 Å². The van der Waals surface area contributed by atoms with E-state index in [0.717, 1.165) is 24.1 Å². The van der Waals surface area contributed by atoms with Crippen molar-refractivity contribution >= 4 is 11.6 Å². The third-order valence-corrected chi connectivity index (χ3v) is 3.23. The average molecular weight is 258 g/mol. The Kier molecular flexibility index (Phi) is 3.00. The number of aliphatic hydroxyl groups is 1. The lowest BCUT2D eigenvalue weighted by atomic mass is 9.93. The molecule has 0 radical (unpaired) electrons. The Bertz CT molecular complexity index is 595. The lowest BCUT2D eigenvalue weighted by Gasteiger charge is -2.20. The van der Waals surface area contributed by atoms with Crippen LogP contribution in [0, 0.1) is 0 Å². The molecule has 6 nitrogen and oxygen atoms in total. The molecule has 0 spiro atoms. The summed E-state index contributed by atoms with van der Waals surface area (Å²) in [5.41, 5.74) is 3.04. The van der Waals surface area contributed by atoms with Crippen LogP contribution < -0.4 is 5.32 Å². The Balaban J connectivity index is 1.79. The maximum absolute atomic E-state index is 11.8. The van der Waals surface area contributed by atoms with Gasteiger partial charge in [0.15, 0.2) is 0 Å². The topological polar surface area (TPSA) is 90.9 Å². The van der Waals surface area contributed by atoms with Gasteiger partial charge in [0.05, 0.1) is 18.0 Å². The van der Waals surface area contributed by atoms with E-state index in [2.05, 4.69) is 20.5 Å². The van der Waals surface area contributed by atoms with Crippen LogP contribution in [0.3, 0.4) is 0 Å². The van der Waals surface area contributed by atoms with Gasteiger partial charge < -0.3 is 10.4 Å². The van der Waals surface area contributed by atoms with Gasteiger partial charge in [-0.2, -0.15) is 5.10 Å². The summed E-state index contributed by atoms with van der Waals surface area (Å²) < 4.78 is 0. The van der Waals surface area contributed by atoms with Gasteiger partial charge in [0.1, 0.15) is 5.69 Å². The maximum Gasteiger partial charge on any atom is 0.273 e. The van der Waals surface area contributed by atoms with Crippen molar-refractivity contribution < 1.29 is 9.90 Å². The van der Waals surface area contributed by atoms with E-state index in [0.29, 0.717) is 17.8 Å². The van der Waals surface area contributed by atoms with E-state index in [1.807, 2.05) is 6.07 Å². The zero-order valence-electron chi connectivity index (χ0n) is 10.3.